The van der Waals surface area contributed by atoms with E-state index in [4.69, 9.17) is 4.74 Å². The van der Waals surface area contributed by atoms with Crippen LogP contribution in [0.2, 0.25) is 0 Å². The fourth-order valence-corrected chi connectivity index (χ4v) is 3.50. The van der Waals surface area contributed by atoms with E-state index in [9.17, 15) is 18.0 Å². The Bertz CT molecular complexity index is 522. The molecular weight excluding hydrogens is 375 g/mol. The topological polar surface area (TPSA) is 86.8 Å². The van der Waals surface area contributed by atoms with E-state index >= 15 is 0 Å². The maximum atomic E-state index is 12.8. The largest absolute Gasteiger partial charge is 0.391 e. The third-order valence-corrected chi connectivity index (χ3v) is 5.13. The van der Waals surface area contributed by atoms with E-state index in [0.29, 0.717) is 25.7 Å². The van der Waals surface area contributed by atoms with Crippen LogP contribution < -0.4 is 21.5 Å². The number of hydrogen-bond acceptors (Lipinski definition) is 5. The summed E-state index contributed by atoms with van der Waals surface area (Å²) in [6.45, 7) is 5.67. The van der Waals surface area contributed by atoms with Gasteiger partial charge in [-0.15, -0.1) is 0 Å². The van der Waals surface area contributed by atoms with Crippen molar-refractivity contribution in [1.29, 1.82) is 0 Å². The summed E-state index contributed by atoms with van der Waals surface area (Å²) >= 11 is 0. The van der Waals surface area contributed by atoms with Crippen LogP contribution in [0.1, 0.15) is 52.4 Å². The summed E-state index contributed by atoms with van der Waals surface area (Å²) in [6.07, 6.45) is -2.23. The zero-order chi connectivity index (χ0) is 20.6. The van der Waals surface area contributed by atoms with Crippen LogP contribution >= 0.6 is 0 Å². The number of amides is 1. The average Bonchev–Trinajstić information content (AvgIpc) is 3.05. The van der Waals surface area contributed by atoms with Crippen LogP contribution in [0, 0.1) is 11.8 Å². The van der Waals surface area contributed by atoms with Gasteiger partial charge in [0.05, 0.1) is 12.1 Å². The minimum atomic E-state index is -4.17. The first-order valence-corrected chi connectivity index (χ1v) is 10.1. The van der Waals surface area contributed by atoms with Crippen molar-refractivity contribution in [3.63, 3.8) is 0 Å². The first-order chi connectivity index (χ1) is 13.3. The molecule has 1 amide bonds. The Morgan fingerprint density at radius 2 is 1.93 bits per heavy atom. The van der Waals surface area contributed by atoms with Crippen LogP contribution in [0.4, 0.5) is 13.2 Å². The summed E-state index contributed by atoms with van der Waals surface area (Å²) in [7, 11) is 0. The molecule has 1 aliphatic heterocycles. The Hall–Kier alpha value is -1.39. The minimum absolute atomic E-state index is 0.00145. The van der Waals surface area contributed by atoms with Crippen molar-refractivity contribution in [3.8, 4) is 0 Å². The van der Waals surface area contributed by atoms with E-state index in [1.807, 2.05) is 13.8 Å². The first kappa shape index (κ1) is 22.9. The van der Waals surface area contributed by atoms with Gasteiger partial charge in [-0.05, 0) is 52.4 Å². The number of halogens is 3. The highest BCUT2D eigenvalue weighted by atomic mass is 19.4. The minimum Gasteiger partial charge on any atom is -0.382 e. The molecule has 1 aliphatic carbocycles. The van der Waals surface area contributed by atoms with Gasteiger partial charge in [0, 0.05) is 31.7 Å². The molecule has 0 radical (unpaired) electrons. The lowest BCUT2D eigenvalue weighted by atomic mass is 9.81. The number of carbonyl (C=O) groups is 1. The van der Waals surface area contributed by atoms with Crippen molar-refractivity contribution < 1.29 is 22.7 Å². The molecule has 2 fully saturated rings. The predicted molar refractivity (Wildman–Crippen MR) is 100 cm³/mol. The molecular formula is C18H32F3N5O2. The van der Waals surface area contributed by atoms with Gasteiger partial charge in [-0.25, -0.2) is 5.43 Å². The van der Waals surface area contributed by atoms with Crippen LogP contribution in [0.3, 0.4) is 0 Å². The molecule has 2 aliphatic rings. The van der Waals surface area contributed by atoms with Crippen molar-refractivity contribution in [3.05, 3.63) is 0 Å². The number of nitrogens with zero attached hydrogens (tertiary/aromatic N) is 1. The lowest BCUT2D eigenvalue weighted by molar-refractivity contribution is -0.184. The number of carbonyl (C=O) groups excluding carboxylic acids is 1. The zero-order valence-corrected chi connectivity index (χ0v) is 16.6. The number of guanidine groups is 1. The summed E-state index contributed by atoms with van der Waals surface area (Å²) in [6, 6.07) is 0.282. The van der Waals surface area contributed by atoms with Gasteiger partial charge < -0.3 is 10.1 Å². The van der Waals surface area contributed by atoms with E-state index in [-0.39, 0.29) is 43.8 Å². The second-order valence-electron chi connectivity index (χ2n) is 7.48. The van der Waals surface area contributed by atoms with E-state index in [2.05, 4.69) is 26.5 Å². The van der Waals surface area contributed by atoms with Crippen LogP contribution in [0.15, 0.2) is 4.99 Å². The average molecular weight is 407 g/mol. The van der Waals surface area contributed by atoms with Crippen LogP contribution in [-0.4, -0.2) is 50.0 Å². The van der Waals surface area contributed by atoms with E-state index in [1.54, 1.807) is 0 Å². The van der Waals surface area contributed by atoms with Crippen molar-refractivity contribution in [2.75, 3.05) is 19.8 Å². The molecule has 1 saturated heterocycles. The highest BCUT2D eigenvalue weighted by Gasteiger charge is 2.42. The first-order valence-electron chi connectivity index (χ1n) is 10.1. The van der Waals surface area contributed by atoms with Crippen LogP contribution in [0.5, 0.6) is 0 Å². The smallest absolute Gasteiger partial charge is 0.382 e. The zero-order valence-electron chi connectivity index (χ0n) is 16.6. The Balaban J connectivity index is 1.87. The molecule has 7 nitrogen and oxygen atoms in total. The third kappa shape index (κ3) is 7.56. The quantitative estimate of drug-likeness (QED) is 0.295. The lowest BCUT2D eigenvalue weighted by Gasteiger charge is -2.29. The fraction of sp³-hybridized carbons (Fsp3) is 0.889. The highest BCUT2D eigenvalue weighted by molar-refractivity contribution is 5.98. The van der Waals surface area contributed by atoms with Crippen molar-refractivity contribution in [2.45, 2.75) is 70.8 Å². The van der Waals surface area contributed by atoms with Crippen molar-refractivity contribution in [2.24, 2.45) is 16.8 Å². The SMILES string of the molecule is CCOCCCN=C(NC(=O)C1CCC(C(F)(F)F)CC1)NC1CC(C)NN1. The number of ether oxygens (including phenoxy) is 1. The Morgan fingerprint density at radius 1 is 1.21 bits per heavy atom. The monoisotopic (exact) mass is 407 g/mol. The van der Waals surface area contributed by atoms with E-state index in [0.717, 1.165) is 12.8 Å². The molecule has 1 heterocycles. The number of hydrazine groups is 1. The maximum Gasteiger partial charge on any atom is 0.391 e. The Labute approximate surface area is 164 Å². The van der Waals surface area contributed by atoms with Gasteiger partial charge in [-0.1, -0.05) is 0 Å². The van der Waals surface area contributed by atoms with Crippen molar-refractivity contribution in [1.82, 2.24) is 21.5 Å². The molecule has 10 heteroatoms. The molecule has 2 rings (SSSR count). The predicted octanol–water partition coefficient (Wildman–Crippen LogP) is 2.06. The second-order valence-corrected chi connectivity index (χ2v) is 7.48. The number of alkyl halides is 3. The van der Waals surface area contributed by atoms with Gasteiger partial charge in [-0.2, -0.15) is 13.2 Å². The van der Waals surface area contributed by atoms with E-state index < -0.39 is 18.0 Å². The highest BCUT2D eigenvalue weighted by Crippen LogP contribution is 2.39. The molecule has 1 saturated carbocycles. The molecule has 2 unspecified atom stereocenters. The molecule has 0 aromatic rings. The summed E-state index contributed by atoms with van der Waals surface area (Å²) in [5.41, 5.74) is 6.17. The van der Waals surface area contributed by atoms with Gasteiger partial charge in [0.25, 0.3) is 0 Å². The number of hydrogen-bond donors (Lipinski definition) is 4. The number of nitrogens with one attached hydrogen (secondary N) is 4. The summed E-state index contributed by atoms with van der Waals surface area (Å²) in [5, 5.41) is 5.95. The fourth-order valence-electron chi connectivity index (χ4n) is 3.50. The standard InChI is InChI=1S/C18H32F3N5O2/c1-3-28-10-4-9-22-17(23-15-11-12(2)25-26-15)24-16(27)13-5-7-14(8-6-13)18(19,20)21/h12-15,25-26H,3-11H2,1-2H3,(H2,22,23,24,27). The Morgan fingerprint density at radius 3 is 2.50 bits per heavy atom. The molecule has 0 aromatic carbocycles. The molecule has 162 valence electrons. The third-order valence-electron chi connectivity index (χ3n) is 5.13. The second kappa shape index (κ2) is 11.0. The van der Waals surface area contributed by atoms with Gasteiger partial charge in [0.15, 0.2) is 5.96 Å². The van der Waals surface area contributed by atoms with E-state index in [1.165, 1.54) is 0 Å². The molecule has 4 N–H and O–H groups in total. The number of rotatable bonds is 7. The normalized spacial score (nSPS) is 29.0. The summed E-state index contributed by atoms with van der Waals surface area (Å²) in [5.74, 6) is -1.62. The van der Waals surface area contributed by atoms with Crippen LogP contribution in [-0.2, 0) is 9.53 Å². The van der Waals surface area contributed by atoms with Gasteiger partial charge in [0.2, 0.25) is 5.91 Å². The number of aliphatic imine (C=N–C) groups is 1. The molecule has 0 bridgehead atoms. The Kier molecular flexibility index (Phi) is 8.97. The maximum absolute atomic E-state index is 12.8. The molecule has 28 heavy (non-hydrogen) atoms. The summed E-state index contributed by atoms with van der Waals surface area (Å²) < 4.78 is 43.7. The molecule has 0 aromatic heterocycles. The lowest BCUT2D eigenvalue weighted by Crippen LogP contribution is -2.52. The van der Waals surface area contributed by atoms with Gasteiger partial charge in [0.1, 0.15) is 0 Å². The molecule has 2 atom stereocenters. The van der Waals surface area contributed by atoms with Gasteiger partial charge in [-0.3, -0.25) is 20.5 Å². The van der Waals surface area contributed by atoms with Crippen LogP contribution in [0.25, 0.3) is 0 Å². The molecule has 0 spiro atoms. The summed E-state index contributed by atoms with van der Waals surface area (Å²) in [4.78, 5) is 17.0. The van der Waals surface area contributed by atoms with Crippen molar-refractivity contribution >= 4 is 11.9 Å². The van der Waals surface area contributed by atoms with Gasteiger partial charge >= 0.3 is 6.18 Å².